The first-order chi connectivity index (χ1) is 10.1. The zero-order valence-electron chi connectivity index (χ0n) is 14.6. The monoisotopic (exact) mass is 313 g/mol. The molecule has 0 saturated carbocycles. The molecule has 0 aromatic carbocycles. The maximum Gasteiger partial charge on any atom is 0.317 e. The summed E-state index contributed by atoms with van der Waals surface area (Å²) in [5.74, 6) is -0.730. The minimum absolute atomic E-state index is 0.0600. The number of likely N-dealkylation sites (N-methyl/N-ethyl adjacent to an activating group) is 1. The van der Waals surface area contributed by atoms with Crippen LogP contribution in [0.1, 0.15) is 47.0 Å². The van der Waals surface area contributed by atoms with Crippen LogP contribution in [0, 0.1) is 0 Å². The van der Waals surface area contributed by atoms with Gasteiger partial charge in [0.05, 0.1) is 12.6 Å². The fourth-order valence-corrected chi connectivity index (χ4v) is 2.91. The molecule has 0 bridgehead atoms. The molecule has 1 fully saturated rings. The van der Waals surface area contributed by atoms with Gasteiger partial charge in [0.1, 0.15) is 0 Å². The first kappa shape index (κ1) is 18.9. The topological polar surface area (TPSA) is 72.9 Å². The van der Waals surface area contributed by atoms with Crippen molar-refractivity contribution in [3.05, 3.63) is 0 Å². The number of carbonyl (C=O) groups excluding carboxylic acids is 1. The zero-order valence-corrected chi connectivity index (χ0v) is 14.6. The zero-order chi connectivity index (χ0) is 16.9. The number of hydrogen-bond donors (Lipinski definition) is 2. The predicted molar refractivity (Wildman–Crippen MR) is 86.8 cm³/mol. The Balaban J connectivity index is 2.55. The van der Waals surface area contributed by atoms with Gasteiger partial charge in [-0.25, -0.2) is 0 Å². The van der Waals surface area contributed by atoms with Crippen molar-refractivity contribution in [1.29, 1.82) is 0 Å². The first-order valence-electron chi connectivity index (χ1n) is 8.08. The highest BCUT2D eigenvalue weighted by atomic mass is 16.4. The van der Waals surface area contributed by atoms with Gasteiger partial charge >= 0.3 is 5.97 Å². The molecule has 2 unspecified atom stereocenters. The van der Waals surface area contributed by atoms with Gasteiger partial charge in [-0.2, -0.15) is 0 Å². The maximum atomic E-state index is 12.3. The van der Waals surface area contributed by atoms with Crippen molar-refractivity contribution in [3.8, 4) is 0 Å². The van der Waals surface area contributed by atoms with E-state index in [1.807, 2.05) is 39.6 Å². The van der Waals surface area contributed by atoms with Crippen molar-refractivity contribution in [2.75, 3.05) is 26.7 Å². The molecule has 128 valence electrons. The van der Waals surface area contributed by atoms with Gasteiger partial charge in [-0.3, -0.25) is 19.4 Å². The van der Waals surface area contributed by atoms with Crippen LogP contribution in [-0.4, -0.2) is 71.1 Å². The third-order valence-electron chi connectivity index (χ3n) is 4.17. The van der Waals surface area contributed by atoms with Gasteiger partial charge in [-0.05, 0) is 60.5 Å². The Bertz CT molecular complexity index is 393. The molecule has 1 amide bonds. The molecule has 0 radical (unpaired) electrons. The van der Waals surface area contributed by atoms with E-state index in [-0.39, 0.29) is 30.1 Å². The molecule has 6 nitrogen and oxygen atoms in total. The van der Waals surface area contributed by atoms with E-state index in [9.17, 15) is 9.59 Å². The van der Waals surface area contributed by atoms with E-state index >= 15 is 0 Å². The lowest BCUT2D eigenvalue weighted by Gasteiger charge is -2.30. The molecule has 1 aliphatic rings. The summed E-state index contributed by atoms with van der Waals surface area (Å²) in [5.41, 5.74) is -0.221. The summed E-state index contributed by atoms with van der Waals surface area (Å²) in [5, 5.41) is 11.9. The van der Waals surface area contributed by atoms with Crippen molar-refractivity contribution in [2.24, 2.45) is 0 Å². The second-order valence-corrected chi connectivity index (χ2v) is 7.34. The summed E-state index contributed by atoms with van der Waals surface area (Å²) >= 11 is 0. The van der Waals surface area contributed by atoms with Crippen molar-refractivity contribution in [2.45, 2.75) is 64.6 Å². The van der Waals surface area contributed by atoms with Crippen LogP contribution < -0.4 is 5.32 Å². The van der Waals surface area contributed by atoms with Crippen molar-refractivity contribution >= 4 is 11.9 Å². The van der Waals surface area contributed by atoms with Crippen LogP contribution in [0.15, 0.2) is 0 Å². The number of hydrogen-bond acceptors (Lipinski definition) is 4. The van der Waals surface area contributed by atoms with Crippen molar-refractivity contribution in [3.63, 3.8) is 0 Å². The smallest absolute Gasteiger partial charge is 0.317 e. The molecule has 6 heteroatoms. The largest absolute Gasteiger partial charge is 0.480 e. The van der Waals surface area contributed by atoms with E-state index in [1.165, 1.54) is 0 Å². The summed E-state index contributed by atoms with van der Waals surface area (Å²) < 4.78 is 0. The van der Waals surface area contributed by atoms with Gasteiger partial charge < -0.3 is 10.4 Å². The third-order valence-corrected chi connectivity index (χ3v) is 4.17. The van der Waals surface area contributed by atoms with Crippen molar-refractivity contribution < 1.29 is 14.7 Å². The van der Waals surface area contributed by atoms with E-state index < -0.39 is 5.97 Å². The number of nitrogens with one attached hydrogen (secondary N) is 1. The number of amides is 1. The minimum Gasteiger partial charge on any atom is -0.480 e. The van der Waals surface area contributed by atoms with Crippen LogP contribution in [0.4, 0.5) is 0 Å². The normalized spacial score (nSPS) is 22.2. The molecular weight excluding hydrogens is 282 g/mol. The maximum absolute atomic E-state index is 12.3. The molecule has 1 rings (SSSR count). The molecule has 1 heterocycles. The Morgan fingerprint density at radius 1 is 1.32 bits per heavy atom. The lowest BCUT2D eigenvalue weighted by atomic mass is 10.1. The second kappa shape index (κ2) is 7.92. The third kappa shape index (κ3) is 6.32. The summed E-state index contributed by atoms with van der Waals surface area (Å²) in [6.07, 6.45) is 2.87. The Hall–Kier alpha value is -1.14. The number of nitrogens with zero attached hydrogens (tertiary/aromatic N) is 2. The van der Waals surface area contributed by atoms with Gasteiger partial charge in [0.2, 0.25) is 5.91 Å². The molecule has 0 aromatic heterocycles. The van der Waals surface area contributed by atoms with E-state index in [0.717, 1.165) is 32.4 Å². The SMILES string of the molecule is CC(C(=O)NC(C)(C)C)N1CCCC(N(C)CC(=O)O)CC1. The van der Waals surface area contributed by atoms with Gasteiger partial charge in [-0.15, -0.1) is 0 Å². The fourth-order valence-electron chi connectivity index (χ4n) is 2.91. The highest BCUT2D eigenvalue weighted by molar-refractivity contribution is 5.81. The average Bonchev–Trinajstić information content (AvgIpc) is 2.60. The molecule has 0 aliphatic carbocycles. The molecule has 0 spiro atoms. The highest BCUT2D eigenvalue weighted by Crippen LogP contribution is 2.17. The summed E-state index contributed by atoms with van der Waals surface area (Å²) in [4.78, 5) is 27.2. The van der Waals surface area contributed by atoms with Crippen LogP contribution in [0.2, 0.25) is 0 Å². The molecule has 1 saturated heterocycles. The molecular formula is C16H31N3O3. The molecule has 2 atom stereocenters. The second-order valence-electron chi connectivity index (χ2n) is 7.34. The molecule has 1 aliphatic heterocycles. The van der Waals surface area contributed by atoms with E-state index in [0.29, 0.717) is 0 Å². The van der Waals surface area contributed by atoms with Crippen LogP contribution in [0.25, 0.3) is 0 Å². The number of likely N-dealkylation sites (tertiary alicyclic amines) is 1. The average molecular weight is 313 g/mol. The van der Waals surface area contributed by atoms with Crippen LogP contribution in [-0.2, 0) is 9.59 Å². The van der Waals surface area contributed by atoms with E-state index in [1.54, 1.807) is 0 Å². The lowest BCUT2D eigenvalue weighted by Crippen LogP contribution is -2.51. The first-order valence-corrected chi connectivity index (χ1v) is 8.08. The van der Waals surface area contributed by atoms with E-state index in [2.05, 4.69) is 10.2 Å². The summed E-state index contributed by atoms with van der Waals surface area (Å²) in [7, 11) is 1.87. The molecule has 0 aromatic rings. The fraction of sp³-hybridized carbons (Fsp3) is 0.875. The standard InChI is InChI=1S/C16H31N3O3/c1-12(15(22)17-16(2,3)4)19-9-6-7-13(8-10-19)18(5)11-14(20)21/h12-13H,6-11H2,1-5H3,(H,17,22)(H,20,21). The Morgan fingerprint density at radius 2 is 1.95 bits per heavy atom. The Kier molecular flexibility index (Phi) is 6.81. The van der Waals surface area contributed by atoms with Crippen LogP contribution in [0.5, 0.6) is 0 Å². The number of carbonyl (C=O) groups is 2. The van der Waals surface area contributed by atoms with Crippen molar-refractivity contribution in [1.82, 2.24) is 15.1 Å². The number of rotatable bonds is 5. The Labute approximate surface area is 133 Å². The highest BCUT2D eigenvalue weighted by Gasteiger charge is 2.28. The lowest BCUT2D eigenvalue weighted by molar-refractivity contribution is -0.138. The van der Waals surface area contributed by atoms with Crippen LogP contribution >= 0.6 is 0 Å². The van der Waals surface area contributed by atoms with Gasteiger partial charge in [0.15, 0.2) is 0 Å². The van der Waals surface area contributed by atoms with E-state index in [4.69, 9.17) is 5.11 Å². The minimum atomic E-state index is -0.790. The predicted octanol–water partition coefficient (Wildman–Crippen LogP) is 1.16. The van der Waals surface area contributed by atoms with Gasteiger partial charge in [0.25, 0.3) is 0 Å². The molecule has 2 N–H and O–H groups in total. The molecule has 22 heavy (non-hydrogen) atoms. The van der Waals surface area contributed by atoms with Gasteiger partial charge in [0, 0.05) is 18.1 Å². The number of carboxylic acid groups (broad SMARTS) is 1. The number of aliphatic carboxylic acids is 1. The summed E-state index contributed by atoms with van der Waals surface area (Å²) in [6, 6.07) is 0.127. The number of carboxylic acids is 1. The van der Waals surface area contributed by atoms with Crippen LogP contribution in [0.3, 0.4) is 0 Å². The summed E-state index contributed by atoms with van der Waals surface area (Å²) in [6.45, 7) is 9.68. The Morgan fingerprint density at radius 3 is 2.50 bits per heavy atom. The quantitative estimate of drug-likeness (QED) is 0.797. The van der Waals surface area contributed by atoms with Gasteiger partial charge in [-0.1, -0.05) is 0 Å².